The number of furan rings is 1. The first-order valence-electron chi connectivity index (χ1n) is 8.70. The Bertz CT molecular complexity index is 1010. The third kappa shape index (κ3) is 3.70. The number of hydrogen-bond donors (Lipinski definition) is 1. The molecule has 8 heteroatoms. The van der Waals surface area contributed by atoms with Crippen molar-refractivity contribution in [3.05, 3.63) is 51.9 Å². The van der Waals surface area contributed by atoms with Gasteiger partial charge in [-0.2, -0.15) is 0 Å². The number of nitrogens with zero attached hydrogens (tertiary/aromatic N) is 2. The average molecular weight is 405 g/mol. The molecule has 1 N–H and O–H groups in total. The SMILES string of the molecule is O=C(O)c1ccc(CN(C(=O)c2ccc3nc(Cl)sc3c2)C2CCCC2)o1. The van der Waals surface area contributed by atoms with Gasteiger partial charge < -0.3 is 14.4 Å². The summed E-state index contributed by atoms with van der Waals surface area (Å²) in [5.41, 5.74) is 1.34. The fourth-order valence-electron chi connectivity index (χ4n) is 3.52. The summed E-state index contributed by atoms with van der Waals surface area (Å²) in [7, 11) is 0. The molecule has 1 aromatic carbocycles. The lowest BCUT2D eigenvalue weighted by molar-refractivity contribution is 0.0634. The van der Waals surface area contributed by atoms with Crippen molar-refractivity contribution in [2.75, 3.05) is 0 Å². The number of fused-ring (bicyclic) bond motifs is 1. The highest BCUT2D eigenvalue weighted by Gasteiger charge is 2.29. The number of hydrogen-bond acceptors (Lipinski definition) is 5. The standard InChI is InChI=1S/C19H17ClN2O4S/c20-19-21-14-7-5-11(9-16(14)27-19)17(23)22(12-3-1-2-4-12)10-13-6-8-15(26-13)18(24)25/h5-9,12H,1-4,10H2,(H,24,25). The molecule has 0 atom stereocenters. The van der Waals surface area contributed by atoms with Gasteiger partial charge in [-0.05, 0) is 43.2 Å². The van der Waals surface area contributed by atoms with Crippen LogP contribution < -0.4 is 0 Å². The van der Waals surface area contributed by atoms with Crippen molar-refractivity contribution in [3.8, 4) is 0 Å². The van der Waals surface area contributed by atoms with Crippen LogP contribution in [0.2, 0.25) is 4.47 Å². The van der Waals surface area contributed by atoms with Crippen LogP contribution in [0, 0.1) is 0 Å². The van der Waals surface area contributed by atoms with E-state index in [2.05, 4.69) is 4.98 Å². The van der Waals surface area contributed by atoms with E-state index < -0.39 is 5.97 Å². The Hall–Kier alpha value is -2.38. The normalized spacial score (nSPS) is 14.7. The molecule has 1 saturated carbocycles. The number of carbonyl (C=O) groups excluding carboxylic acids is 1. The summed E-state index contributed by atoms with van der Waals surface area (Å²) in [4.78, 5) is 30.3. The summed E-state index contributed by atoms with van der Waals surface area (Å²) in [5.74, 6) is -0.867. The molecule has 0 saturated heterocycles. The molecular formula is C19H17ClN2O4S. The fraction of sp³-hybridized carbons (Fsp3) is 0.316. The zero-order chi connectivity index (χ0) is 19.0. The zero-order valence-electron chi connectivity index (χ0n) is 14.4. The lowest BCUT2D eigenvalue weighted by atomic mass is 10.1. The summed E-state index contributed by atoms with van der Waals surface area (Å²) in [6.45, 7) is 0.248. The number of amides is 1. The van der Waals surface area contributed by atoms with E-state index in [0.717, 1.165) is 35.9 Å². The van der Waals surface area contributed by atoms with Gasteiger partial charge in [-0.1, -0.05) is 24.4 Å². The molecule has 0 unspecified atom stereocenters. The van der Waals surface area contributed by atoms with Crippen LogP contribution in [0.15, 0.2) is 34.7 Å². The fourth-order valence-corrected chi connectivity index (χ4v) is 4.59. The molecule has 0 aliphatic heterocycles. The van der Waals surface area contributed by atoms with Crippen molar-refractivity contribution in [2.24, 2.45) is 0 Å². The van der Waals surface area contributed by atoms with Crippen molar-refractivity contribution < 1.29 is 19.1 Å². The lowest BCUT2D eigenvalue weighted by Crippen LogP contribution is -2.38. The molecule has 2 aromatic heterocycles. The van der Waals surface area contributed by atoms with Crippen molar-refractivity contribution in [1.82, 2.24) is 9.88 Å². The highest BCUT2D eigenvalue weighted by molar-refractivity contribution is 7.22. The quantitative estimate of drug-likeness (QED) is 0.658. The Morgan fingerprint density at radius 2 is 2.04 bits per heavy atom. The van der Waals surface area contributed by atoms with Crippen LogP contribution in [0.5, 0.6) is 0 Å². The molecule has 0 spiro atoms. The Labute approximate surface area is 164 Å². The summed E-state index contributed by atoms with van der Waals surface area (Å²) in [6.07, 6.45) is 4.03. The molecule has 4 rings (SSSR count). The second-order valence-corrected chi connectivity index (χ2v) is 8.20. The molecule has 1 aliphatic carbocycles. The molecule has 0 bridgehead atoms. The average Bonchev–Trinajstić information content (AvgIpc) is 3.37. The Morgan fingerprint density at radius 3 is 2.74 bits per heavy atom. The molecule has 1 aliphatic rings. The zero-order valence-corrected chi connectivity index (χ0v) is 15.9. The third-order valence-electron chi connectivity index (χ3n) is 4.83. The number of carboxylic acid groups (broad SMARTS) is 1. The number of thiazole rings is 1. The second-order valence-electron chi connectivity index (χ2n) is 6.59. The van der Waals surface area contributed by atoms with Crippen LogP contribution in [0.4, 0.5) is 0 Å². The first-order chi connectivity index (χ1) is 13.0. The predicted molar refractivity (Wildman–Crippen MR) is 102 cm³/mol. The maximum absolute atomic E-state index is 13.2. The third-order valence-corrected chi connectivity index (χ3v) is 5.96. The van der Waals surface area contributed by atoms with E-state index in [1.165, 1.54) is 17.4 Å². The Kier molecular flexibility index (Phi) is 4.88. The second kappa shape index (κ2) is 7.32. The lowest BCUT2D eigenvalue weighted by Gasteiger charge is -2.28. The molecule has 3 aromatic rings. The van der Waals surface area contributed by atoms with Crippen LogP contribution in [0.25, 0.3) is 10.2 Å². The van der Waals surface area contributed by atoms with Crippen LogP contribution in [-0.2, 0) is 6.54 Å². The smallest absolute Gasteiger partial charge is 0.371 e. The number of halogens is 1. The van der Waals surface area contributed by atoms with Crippen molar-refractivity contribution in [2.45, 2.75) is 38.3 Å². The first kappa shape index (κ1) is 18.0. The van der Waals surface area contributed by atoms with E-state index in [0.29, 0.717) is 15.8 Å². The van der Waals surface area contributed by atoms with E-state index >= 15 is 0 Å². The minimum absolute atomic E-state index is 0.0957. The van der Waals surface area contributed by atoms with Crippen molar-refractivity contribution in [1.29, 1.82) is 0 Å². The molecule has 27 heavy (non-hydrogen) atoms. The molecular weight excluding hydrogens is 388 g/mol. The van der Waals surface area contributed by atoms with Crippen LogP contribution in [0.3, 0.4) is 0 Å². The van der Waals surface area contributed by atoms with Gasteiger partial charge in [0.15, 0.2) is 4.47 Å². The van der Waals surface area contributed by atoms with Gasteiger partial charge in [0.25, 0.3) is 5.91 Å². The van der Waals surface area contributed by atoms with E-state index in [1.807, 2.05) is 6.07 Å². The monoisotopic (exact) mass is 404 g/mol. The van der Waals surface area contributed by atoms with Crippen LogP contribution in [-0.4, -0.2) is 32.9 Å². The predicted octanol–water partition coefficient (Wildman–Crippen LogP) is 4.83. The minimum Gasteiger partial charge on any atom is -0.475 e. The number of aromatic nitrogens is 1. The number of aromatic carboxylic acids is 1. The number of rotatable bonds is 5. The van der Waals surface area contributed by atoms with Crippen molar-refractivity contribution >= 4 is 45.0 Å². The molecule has 0 radical (unpaired) electrons. The van der Waals surface area contributed by atoms with Crippen molar-refractivity contribution in [3.63, 3.8) is 0 Å². The number of benzene rings is 1. The highest BCUT2D eigenvalue weighted by atomic mass is 35.5. The molecule has 1 fully saturated rings. The maximum Gasteiger partial charge on any atom is 0.371 e. The summed E-state index contributed by atoms with van der Waals surface area (Å²) in [6, 6.07) is 8.52. The summed E-state index contributed by atoms with van der Waals surface area (Å²) < 4.78 is 6.68. The summed E-state index contributed by atoms with van der Waals surface area (Å²) in [5, 5.41) is 9.04. The summed E-state index contributed by atoms with van der Waals surface area (Å²) >= 11 is 7.31. The van der Waals surface area contributed by atoms with Gasteiger partial charge in [-0.3, -0.25) is 4.79 Å². The maximum atomic E-state index is 13.2. The van der Waals surface area contributed by atoms with E-state index in [4.69, 9.17) is 21.1 Å². The van der Waals surface area contributed by atoms with Gasteiger partial charge in [0, 0.05) is 11.6 Å². The van der Waals surface area contributed by atoms with Gasteiger partial charge in [0.1, 0.15) is 5.76 Å². The molecule has 140 valence electrons. The Balaban J connectivity index is 1.63. The van der Waals surface area contributed by atoms with Gasteiger partial charge in [0.2, 0.25) is 5.76 Å². The van der Waals surface area contributed by atoms with E-state index in [9.17, 15) is 9.59 Å². The van der Waals surface area contributed by atoms with Crippen LogP contribution in [0.1, 0.15) is 52.4 Å². The number of carboxylic acids is 1. The van der Waals surface area contributed by atoms with E-state index in [-0.39, 0.29) is 24.3 Å². The minimum atomic E-state index is -1.12. The highest BCUT2D eigenvalue weighted by Crippen LogP contribution is 2.30. The molecule has 1 amide bonds. The van der Waals surface area contributed by atoms with E-state index in [1.54, 1.807) is 23.1 Å². The van der Waals surface area contributed by atoms with Gasteiger partial charge >= 0.3 is 5.97 Å². The molecule has 2 heterocycles. The van der Waals surface area contributed by atoms with Gasteiger partial charge in [0.05, 0.1) is 16.8 Å². The molecule has 6 nitrogen and oxygen atoms in total. The topological polar surface area (TPSA) is 83.6 Å². The first-order valence-corrected chi connectivity index (χ1v) is 9.90. The van der Waals surface area contributed by atoms with Crippen LogP contribution >= 0.6 is 22.9 Å². The van der Waals surface area contributed by atoms with Gasteiger partial charge in [-0.25, -0.2) is 9.78 Å². The van der Waals surface area contributed by atoms with Gasteiger partial charge in [-0.15, -0.1) is 11.3 Å². The largest absolute Gasteiger partial charge is 0.475 e. The Morgan fingerprint density at radius 1 is 1.26 bits per heavy atom. The number of carbonyl (C=O) groups is 2.